The van der Waals surface area contributed by atoms with E-state index in [-0.39, 0.29) is 5.91 Å². The van der Waals surface area contributed by atoms with Crippen molar-refractivity contribution in [1.82, 2.24) is 14.8 Å². The van der Waals surface area contributed by atoms with Crippen molar-refractivity contribution in [2.45, 2.75) is 5.16 Å². The molecule has 0 N–H and O–H groups in total. The summed E-state index contributed by atoms with van der Waals surface area (Å²) in [5.41, 5.74) is 1.20. The summed E-state index contributed by atoms with van der Waals surface area (Å²) in [6, 6.07) is 12.1. The van der Waals surface area contributed by atoms with Crippen LogP contribution in [0.3, 0.4) is 0 Å². The second kappa shape index (κ2) is 7.80. The molecule has 0 saturated heterocycles. The SMILES string of the molecule is COc1ccc(C(=O)n2nc(-c3ccc(Cl)cc3)nc2SC)cc1OC. The van der Waals surface area contributed by atoms with Crippen LogP contribution in [0.25, 0.3) is 11.4 Å². The Bertz CT molecular complexity index is 941. The average Bonchev–Trinajstić information content (AvgIpc) is 3.11. The van der Waals surface area contributed by atoms with Gasteiger partial charge in [-0.15, -0.1) is 5.10 Å². The van der Waals surface area contributed by atoms with Crippen molar-refractivity contribution in [3.8, 4) is 22.9 Å². The van der Waals surface area contributed by atoms with Crippen molar-refractivity contribution in [1.29, 1.82) is 0 Å². The lowest BCUT2D eigenvalue weighted by Crippen LogP contribution is -2.15. The van der Waals surface area contributed by atoms with Gasteiger partial charge in [-0.3, -0.25) is 4.79 Å². The number of nitrogens with zero attached hydrogens (tertiary/aromatic N) is 3. The molecule has 0 radical (unpaired) electrons. The molecule has 0 aliphatic carbocycles. The molecule has 0 amide bonds. The van der Waals surface area contributed by atoms with E-state index in [1.165, 1.54) is 23.6 Å². The Labute approximate surface area is 160 Å². The van der Waals surface area contributed by atoms with E-state index in [1.807, 2.05) is 18.4 Å². The second-order valence-electron chi connectivity index (χ2n) is 5.22. The fourth-order valence-corrected chi connectivity index (χ4v) is 2.98. The van der Waals surface area contributed by atoms with Crippen LogP contribution in [0.2, 0.25) is 5.02 Å². The highest BCUT2D eigenvalue weighted by Gasteiger charge is 2.19. The van der Waals surface area contributed by atoms with Gasteiger partial charge in [-0.2, -0.15) is 4.68 Å². The maximum Gasteiger partial charge on any atom is 0.280 e. The number of halogens is 1. The first-order valence-electron chi connectivity index (χ1n) is 7.61. The van der Waals surface area contributed by atoms with Gasteiger partial charge in [-0.05, 0) is 48.7 Å². The molecule has 26 heavy (non-hydrogen) atoms. The number of methoxy groups -OCH3 is 2. The van der Waals surface area contributed by atoms with E-state index in [1.54, 1.807) is 37.4 Å². The predicted molar refractivity (Wildman–Crippen MR) is 102 cm³/mol. The summed E-state index contributed by atoms with van der Waals surface area (Å²) in [5, 5.41) is 5.50. The van der Waals surface area contributed by atoms with Gasteiger partial charge in [0, 0.05) is 16.1 Å². The first-order chi connectivity index (χ1) is 12.6. The lowest BCUT2D eigenvalue weighted by atomic mass is 10.2. The quantitative estimate of drug-likeness (QED) is 0.614. The molecule has 3 aromatic rings. The molecule has 2 aromatic carbocycles. The van der Waals surface area contributed by atoms with Crippen LogP contribution >= 0.6 is 23.4 Å². The molecule has 0 aliphatic rings. The van der Waals surface area contributed by atoms with Crippen LogP contribution in [-0.2, 0) is 0 Å². The molecule has 0 fully saturated rings. The minimum atomic E-state index is -0.303. The molecule has 1 heterocycles. The predicted octanol–water partition coefficient (Wildman–Crippen LogP) is 4.03. The Morgan fingerprint density at radius 1 is 1.08 bits per heavy atom. The normalized spacial score (nSPS) is 10.6. The van der Waals surface area contributed by atoms with E-state index in [0.29, 0.717) is 33.1 Å². The van der Waals surface area contributed by atoms with Gasteiger partial charge in [0.25, 0.3) is 5.91 Å². The molecule has 1 aromatic heterocycles. The summed E-state index contributed by atoms with van der Waals surface area (Å²) in [6.07, 6.45) is 1.84. The maximum atomic E-state index is 12.9. The van der Waals surface area contributed by atoms with E-state index in [9.17, 15) is 4.79 Å². The standard InChI is InChI=1S/C18H16ClN3O3S/c1-24-14-9-6-12(10-15(14)25-2)17(23)22-18(26-3)20-16(21-22)11-4-7-13(19)8-5-11/h4-10H,1-3H3. The zero-order valence-corrected chi connectivity index (χ0v) is 16.0. The first-order valence-corrected chi connectivity index (χ1v) is 9.21. The number of thioether (sulfide) groups is 1. The van der Waals surface area contributed by atoms with Gasteiger partial charge in [0.1, 0.15) is 0 Å². The molecule has 0 aliphatic heterocycles. The minimum Gasteiger partial charge on any atom is -0.493 e. The van der Waals surface area contributed by atoms with Crippen molar-refractivity contribution in [3.05, 3.63) is 53.1 Å². The third kappa shape index (κ3) is 3.54. The Morgan fingerprint density at radius 3 is 2.38 bits per heavy atom. The van der Waals surface area contributed by atoms with Crippen LogP contribution in [-0.4, -0.2) is 41.1 Å². The molecule has 6 nitrogen and oxygen atoms in total. The number of rotatable bonds is 5. The third-order valence-electron chi connectivity index (χ3n) is 3.69. The van der Waals surface area contributed by atoms with Crippen molar-refractivity contribution in [3.63, 3.8) is 0 Å². The van der Waals surface area contributed by atoms with E-state index in [2.05, 4.69) is 10.1 Å². The highest BCUT2D eigenvalue weighted by Crippen LogP contribution is 2.29. The van der Waals surface area contributed by atoms with E-state index >= 15 is 0 Å². The number of carbonyl (C=O) groups excluding carboxylic acids is 1. The van der Waals surface area contributed by atoms with Gasteiger partial charge in [0.15, 0.2) is 22.5 Å². The lowest BCUT2D eigenvalue weighted by molar-refractivity contribution is 0.0933. The molecule has 134 valence electrons. The zero-order valence-electron chi connectivity index (χ0n) is 14.4. The lowest BCUT2D eigenvalue weighted by Gasteiger charge is -2.09. The summed E-state index contributed by atoms with van der Waals surface area (Å²) < 4.78 is 11.8. The molecule has 0 unspecified atom stereocenters. The van der Waals surface area contributed by atoms with Gasteiger partial charge >= 0.3 is 0 Å². The van der Waals surface area contributed by atoms with Gasteiger partial charge in [0.05, 0.1) is 14.2 Å². The summed E-state index contributed by atoms with van der Waals surface area (Å²) in [6.45, 7) is 0. The molecular weight excluding hydrogens is 374 g/mol. The second-order valence-corrected chi connectivity index (χ2v) is 6.43. The molecule has 0 spiro atoms. The Kier molecular flexibility index (Phi) is 5.49. The molecule has 0 atom stereocenters. The van der Waals surface area contributed by atoms with Gasteiger partial charge in [0.2, 0.25) is 0 Å². The highest BCUT2D eigenvalue weighted by molar-refractivity contribution is 7.98. The molecule has 8 heteroatoms. The number of hydrogen-bond donors (Lipinski definition) is 0. The van der Waals surface area contributed by atoms with Crippen LogP contribution in [0.15, 0.2) is 47.6 Å². The summed E-state index contributed by atoms with van der Waals surface area (Å²) in [4.78, 5) is 17.4. The van der Waals surface area contributed by atoms with Crippen molar-refractivity contribution < 1.29 is 14.3 Å². The van der Waals surface area contributed by atoms with Gasteiger partial charge in [-0.1, -0.05) is 23.4 Å². The highest BCUT2D eigenvalue weighted by atomic mass is 35.5. The summed E-state index contributed by atoms with van der Waals surface area (Å²) in [7, 11) is 3.06. The number of aromatic nitrogens is 3. The average molecular weight is 390 g/mol. The first kappa shape index (κ1) is 18.3. The minimum absolute atomic E-state index is 0.303. The fourth-order valence-electron chi connectivity index (χ4n) is 2.37. The van der Waals surface area contributed by atoms with E-state index < -0.39 is 0 Å². The smallest absolute Gasteiger partial charge is 0.280 e. The Hall–Kier alpha value is -2.51. The van der Waals surface area contributed by atoms with Crippen LogP contribution in [0, 0.1) is 0 Å². The van der Waals surface area contributed by atoms with Crippen LogP contribution in [0.5, 0.6) is 11.5 Å². The number of carbonyl (C=O) groups is 1. The Balaban J connectivity index is 2.00. The monoisotopic (exact) mass is 389 g/mol. The van der Waals surface area contributed by atoms with Gasteiger partial charge in [-0.25, -0.2) is 4.98 Å². The zero-order chi connectivity index (χ0) is 18.7. The van der Waals surface area contributed by atoms with Gasteiger partial charge < -0.3 is 9.47 Å². The number of benzene rings is 2. The summed E-state index contributed by atoms with van der Waals surface area (Å²) >= 11 is 7.26. The van der Waals surface area contributed by atoms with Crippen molar-refractivity contribution in [2.75, 3.05) is 20.5 Å². The number of hydrogen-bond acceptors (Lipinski definition) is 6. The van der Waals surface area contributed by atoms with Crippen LogP contribution in [0.4, 0.5) is 0 Å². The summed E-state index contributed by atoms with van der Waals surface area (Å²) in [5.74, 6) is 1.18. The molecule has 3 rings (SSSR count). The molecular formula is C18H16ClN3O3S. The van der Waals surface area contributed by atoms with E-state index in [0.717, 1.165) is 5.56 Å². The van der Waals surface area contributed by atoms with Crippen molar-refractivity contribution in [2.24, 2.45) is 0 Å². The van der Waals surface area contributed by atoms with Crippen LogP contribution in [0.1, 0.15) is 10.4 Å². The molecule has 0 saturated carbocycles. The number of ether oxygens (including phenoxy) is 2. The maximum absolute atomic E-state index is 12.9. The topological polar surface area (TPSA) is 66.2 Å². The van der Waals surface area contributed by atoms with Crippen LogP contribution < -0.4 is 9.47 Å². The largest absolute Gasteiger partial charge is 0.493 e. The Morgan fingerprint density at radius 2 is 1.77 bits per heavy atom. The fraction of sp³-hybridized carbons (Fsp3) is 0.167. The third-order valence-corrected chi connectivity index (χ3v) is 4.57. The van der Waals surface area contributed by atoms with E-state index in [4.69, 9.17) is 21.1 Å². The van der Waals surface area contributed by atoms with Crippen molar-refractivity contribution >= 4 is 29.3 Å². The molecule has 0 bridgehead atoms.